The van der Waals surface area contributed by atoms with Gasteiger partial charge in [0.25, 0.3) is 0 Å². The van der Waals surface area contributed by atoms with Crippen molar-refractivity contribution in [1.82, 2.24) is 4.98 Å². The van der Waals surface area contributed by atoms with E-state index in [2.05, 4.69) is 22.4 Å². The molecule has 21 heavy (non-hydrogen) atoms. The summed E-state index contributed by atoms with van der Waals surface area (Å²) in [5.74, 6) is -0.693. The SMILES string of the molecule is C[C@H]1CCC/C(=N/Nc2c(Cl)c(Cl)nc(C(=O)O)c2Cl)C1. The lowest BCUT2D eigenvalue weighted by molar-refractivity contribution is 0.0691. The Kier molecular flexibility index (Phi) is 5.30. The molecule has 1 heterocycles. The molecule has 1 aromatic heterocycles. The number of aromatic nitrogens is 1. The Morgan fingerprint density at radius 1 is 1.38 bits per heavy atom. The third kappa shape index (κ3) is 3.78. The first-order valence-electron chi connectivity index (χ1n) is 6.49. The molecule has 1 aliphatic carbocycles. The monoisotopic (exact) mass is 349 g/mol. The van der Waals surface area contributed by atoms with E-state index in [0.717, 1.165) is 25.0 Å². The zero-order valence-electron chi connectivity index (χ0n) is 11.3. The normalized spacial score (nSPS) is 20.6. The van der Waals surface area contributed by atoms with Gasteiger partial charge in [0, 0.05) is 5.71 Å². The largest absolute Gasteiger partial charge is 0.476 e. The van der Waals surface area contributed by atoms with Gasteiger partial charge in [-0.05, 0) is 31.6 Å². The first-order valence-corrected chi connectivity index (χ1v) is 7.62. The summed E-state index contributed by atoms with van der Waals surface area (Å²) >= 11 is 17.9. The number of aromatic carboxylic acids is 1. The molecule has 0 bridgehead atoms. The Hall–Kier alpha value is -1.04. The van der Waals surface area contributed by atoms with Gasteiger partial charge in [-0.25, -0.2) is 9.78 Å². The number of pyridine rings is 1. The summed E-state index contributed by atoms with van der Waals surface area (Å²) in [6.45, 7) is 2.17. The van der Waals surface area contributed by atoms with Crippen molar-refractivity contribution >= 4 is 52.2 Å². The number of carboxylic acid groups (broad SMARTS) is 1. The minimum Gasteiger partial charge on any atom is -0.476 e. The molecule has 1 atom stereocenters. The predicted octanol–water partition coefficient (Wildman–Crippen LogP) is 4.72. The van der Waals surface area contributed by atoms with Gasteiger partial charge in [0.2, 0.25) is 0 Å². The Balaban J connectivity index is 2.31. The molecular formula is C13H14Cl3N3O2. The summed E-state index contributed by atoms with van der Waals surface area (Å²) < 4.78 is 0. The van der Waals surface area contributed by atoms with Gasteiger partial charge in [-0.1, -0.05) is 41.7 Å². The van der Waals surface area contributed by atoms with E-state index in [-0.39, 0.29) is 26.6 Å². The van der Waals surface area contributed by atoms with Crippen molar-refractivity contribution in [2.75, 3.05) is 5.43 Å². The lowest BCUT2D eigenvalue weighted by Gasteiger charge is -2.19. The average molecular weight is 351 g/mol. The highest BCUT2D eigenvalue weighted by molar-refractivity contribution is 6.46. The molecule has 2 N–H and O–H groups in total. The molecule has 0 unspecified atom stereocenters. The van der Waals surface area contributed by atoms with Crippen molar-refractivity contribution in [3.63, 3.8) is 0 Å². The van der Waals surface area contributed by atoms with E-state index >= 15 is 0 Å². The first kappa shape index (κ1) is 16.3. The van der Waals surface area contributed by atoms with Crippen LogP contribution in [-0.4, -0.2) is 21.8 Å². The Bertz CT molecular complexity index is 605. The molecule has 5 nitrogen and oxygen atoms in total. The molecule has 1 fully saturated rings. The van der Waals surface area contributed by atoms with Crippen LogP contribution in [0.4, 0.5) is 5.69 Å². The maximum absolute atomic E-state index is 11.1. The number of carboxylic acids is 1. The molecule has 1 aromatic rings. The number of nitrogens with zero attached hydrogens (tertiary/aromatic N) is 2. The summed E-state index contributed by atoms with van der Waals surface area (Å²) in [7, 11) is 0. The van der Waals surface area contributed by atoms with Crippen LogP contribution in [0.25, 0.3) is 0 Å². The van der Waals surface area contributed by atoms with Crippen LogP contribution < -0.4 is 5.43 Å². The summed E-state index contributed by atoms with van der Waals surface area (Å²) in [5, 5.41) is 13.2. The van der Waals surface area contributed by atoms with E-state index in [9.17, 15) is 4.79 Å². The van der Waals surface area contributed by atoms with Crippen LogP contribution in [-0.2, 0) is 0 Å². The van der Waals surface area contributed by atoms with Gasteiger partial charge in [0.05, 0.1) is 5.69 Å². The molecule has 0 saturated heterocycles. The van der Waals surface area contributed by atoms with Crippen LogP contribution in [0.5, 0.6) is 0 Å². The second kappa shape index (κ2) is 6.81. The zero-order chi connectivity index (χ0) is 15.6. The maximum atomic E-state index is 11.1. The van der Waals surface area contributed by atoms with E-state index in [0.29, 0.717) is 5.92 Å². The first-order chi connectivity index (χ1) is 9.90. The fraction of sp³-hybridized carbons (Fsp3) is 0.462. The maximum Gasteiger partial charge on any atom is 0.356 e. The minimum absolute atomic E-state index is 0.0554. The van der Waals surface area contributed by atoms with E-state index < -0.39 is 5.97 Å². The van der Waals surface area contributed by atoms with Crippen molar-refractivity contribution in [3.8, 4) is 0 Å². The number of anilines is 1. The van der Waals surface area contributed by atoms with Gasteiger partial charge in [-0.15, -0.1) is 0 Å². The molecule has 0 aromatic carbocycles. The zero-order valence-corrected chi connectivity index (χ0v) is 13.6. The molecule has 1 saturated carbocycles. The van der Waals surface area contributed by atoms with Crippen molar-refractivity contribution in [1.29, 1.82) is 0 Å². The minimum atomic E-state index is -1.28. The number of hydrazone groups is 1. The highest BCUT2D eigenvalue weighted by Gasteiger charge is 2.21. The van der Waals surface area contributed by atoms with Gasteiger partial charge >= 0.3 is 5.97 Å². The molecule has 1 aliphatic rings. The van der Waals surface area contributed by atoms with E-state index in [1.807, 2.05) is 0 Å². The van der Waals surface area contributed by atoms with Crippen LogP contribution >= 0.6 is 34.8 Å². The topological polar surface area (TPSA) is 74.6 Å². The van der Waals surface area contributed by atoms with E-state index in [1.54, 1.807) is 0 Å². The third-order valence-electron chi connectivity index (χ3n) is 3.31. The van der Waals surface area contributed by atoms with Crippen LogP contribution in [0.15, 0.2) is 5.10 Å². The Morgan fingerprint density at radius 3 is 2.71 bits per heavy atom. The Labute approximate surface area is 137 Å². The number of rotatable bonds is 3. The second-order valence-electron chi connectivity index (χ2n) is 5.05. The standard InChI is InChI=1S/C13H14Cl3N3O2/c1-6-3-2-4-7(5-6)18-19-10-8(14)11(13(20)21)17-12(16)9(10)15/h6H,2-5H2,1H3,(H,17,19)(H,20,21)/b18-7-/t6-/m0/s1. The summed E-state index contributed by atoms with van der Waals surface area (Å²) in [6.07, 6.45) is 4.06. The predicted molar refractivity (Wildman–Crippen MR) is 84.9 cm³/mol. The molecule has 0 aliphatic heterocycles. The quantitative estimate of drug-likeness (QED) is 0.611. The van der Waals surface area contributed by atoms with Crippen molar-refractivity contribution < 1.29 is 9.90 Å². The summed E-state index contributed by atoms with van der Waals surface area (Å²) in [4.78, 5) is 14.7. The molecule has 2 rings (SSSR count). The lowest BCUT2D eigenvalue weighted by Crippen LogP contribution is -2.14. The number of nitrogens with one attached hydrogen (secondary N) is 1. The van der Waals surface area contributed by atoms with Gasteiger partial charge in [0.15, 0.2) is 10.8 Å². The fourth-order valence-electron chi connectivity index (χ4n) is 2.25. The summed E-state index contributed by atoms with van der Waals surface area (Å²) in [6, 6.07) is 0. The second-order valence-corrected chi connectivity index (χ2v) is 6.16. The van der Waals surface area contributed by atoms with Crippen LogP contribution in [0, 0.1) is 5.92 Å². The molecule has 8 heteroatoms. The lowest BCUT2D eigenvalue weighted by atomic mass is 9.89. The van der Waals surface area contributed by atoms with Gasteiger partial charge < -0.3 is 5.11 Å². The number of halogens is 3. The van der Waals surface area contributed by atoms with Crippen LogP contribution in [0.2, 0.25) is 15.2 Å². The Morgan fingerprint density at radius 2 is 2.10 bits per heavy atom. The summed E-state index contributed by atoms with van der Waals surface area (Å²) in [5.41, 5.74) is 3.56. The number of hydrogen-bond donors (Lipinski definition) is 2. The highest BCUT2D eigenvalue weighted by atomic mass is 35.5. The molecule has 0 spiro atoms. The van der Waals surface area contributed by atoms with Gasteiger partial charge in [0.1, 0.15) is 10.0 Å². The number of hydrogen-bond acceptors (Lipinski definition) is 4. The van der Waals surface area contributed by atoms with E-state index in [1.165, 1.54) is 6.42 Å². The molecule has 0 radical (unpaired) electrons. The number of carbonyl (C=O) groups is 1. The molecule has 0 amide bonds. The van der Waals surface area contributed by atoms with Crippen LogP contribution in [0.3, 0.4) is 0 Å². The van der Waals surface area contributed by atoms with Crippen molar-refractivity contribution in [2.24, 2.45) is 11.0 Å². The highest BCUT2D eigenvalue weighted by Crippen LogP contribution is 2.37. The average Bonchev–Trinajstić information content (AvgIpc) is 2.42. The van der Waals surface area contributed by atoms with E-state index in [4.69, 9.17) is 39.9 Å². The molecular weight excluding hydrogens is 337 g/mol. The molecule has 114 valence electrons. The smallest absolute Gasteiger partial charge is 0.356 e. The third-order valence-corrected chi connectivity index (χ3v) is 4.42. The van der Waals surface area contributed by atoms with Gasteiger partial charge in [-0.2, -0.15) is 5.10 Å². The fourth-order valence-corrected chi connectivity index (χ4v) is 2.92. The van der Waals surface area contributed by atoms with Crippen molar-refractivity contribution in [2.45, 2.75) is 32.6 Å². The van der Waals surface area contributed by atoms with Gasteiger partial charge in [-0.3, -0.25) is 5.43 Å². The van der Waals surface area contributed by atoms with Crippen LogP contribution in [0.1, 0.15) is 43.1 Å². The van der Waals surface area contributed by atoms with Crippen molar-refractivity contribution in [3.05, 3.63) is 20.9 Å².